The highest BCUT2D eigenvalue weighted by atomic mass is 16.5. The van der Waals surface area contributed by atoms with Crippen molar-refractivity contribution in [2.24, 2.45) is 0 Å². The summed E-state index contributed by atoms with van der Waals surface area (Å²) in [6, 6.07) is 11.4. The van der Waals surface area contributed by atoms with Gasteiger partial charge in [-0.25, -0.2) is 0 Å². The summed E-state index contributed by atoms with van der Waals surface area (Å²) in [6.07, 6.45) is 0. The summed E-state index contributed by atoms with van der Waals surface area (Å²) in [6.45, 7) is 11.7. The summed E-state index contributed by atoms with van der Waals surface area (Å²) in [5.74, 6) is 1.48. The average molecular weight is 371 g/mol. The third kappa shape index (κ3) is 4.94. The largest absolute Gasteiger partial charge is 0.490 e. The molecule has 0 saturated heterocycles. The molecule has 0 heterocycles. The van der Waals surface area contributed by atoms with Crippen LogP contribution in [0.3, 0.4) is 0 Å². The van der Waals surface area contributed by atoms with Crippen LogP contribution in [0.4, 0.5) is 5.69 Å². The van der Waals surface area contributed by atoms with Crippen molar-refractivity contribution in [3.8, 4) is 17.2 Å². The maximum Gasteiger partial charge on any atom is 0.258 e. The Labute approximate surface area is 161 Å². The first-order valence-electron chi connectivity index (χ1n) is 9.50. The van der Waals surface area contributed by atoms with Crippen molar-refractivity contribution in [3.05, 3.63) is 47.5 Å². The van der Waals surface area contributed by atoms with E-state index in [1.165, 1.54) is 0 Å². The fourth-order valence-electron chi connectivity index (χ4n) is 2.91. The number of carbonyl (C=O) groups is 1. The predicted molar refractivity (Wildman–Crippen MR) is 108 cm³/mol. The molecule has 2 aromatic rings. The van der Waals surface area contributed by atoms with Gasteiger partial charge in [-0.05, 0) is 64.4 Å². The van der Waals surface area contributed by atoms with Crippen molar-refractivity contribution < 1.29 is 19.0 Å². The van der Waals surface area contributed by atoms with Crippen molar-refractivity contribution in [1.29, 1.82) is 0 Å². The van der Waals surface area contributed by atoms with Crippen LogP contribution in [-0.4, -0.2) is 32.3 Å². The summed E-state index contributed by atoms with van der Waals surface area (Å²) in [7, 11) is 0. The van der Waals surface area contributed by atoms with Gasteiger partial charge in [0.2, 0.25) is 5.75 Å². The Morgan fingerprint density at radius 1 is 0.889 bits per heavy atom. The number of benzene rings is 2. The SMILES string of the molecule is CCOc1cc(C(=O)N(CC)c2cccc(C)c2)cc(OCC)c1OCC. The molecule has 0 aliphatic rings. The van der Waals surface area contributed by atoms with E-state index >= 15 is 0 Å². The van der Waals surface area contributed by atoms with Crippen LogP contribution < -0.4 is 19.1 Å². The normalized spacial score (nSPS) is 10.4. The van der Waals surface area contributed by atoms with E-state index in [1.807, 2.05) is 58.9 Å². The van der Waals surface area contributed by atoms with Crippen LogP contribution in [-0.2, 0) is 0 Å². The van der Waals surface area contributed by atoms with Gasteiger partial charge in [-0.1, -0.05) is 12.1 Å². The van der Waals surface area contributed by atoms with Crippen molar-refractivity contribution in [2.45, 2.75) is 34.6 Å². The fourth-order valence-corrected chi connectivity index (χ4v) is 2.91. The quantitative estimate of drug-likeness (QED) is 0.632. The third-order valence-corrected chi connectivity index (χ3v) is 4.03. The molecule has 5 nitrogen and oxygen atoms in total. The molecule has 2 aromatic carbocycles. The number of carbonyl (C=O) groups excluding carboxylic acids is 1. The summed E-state index contributed by atoms with van der Waals surface area (Å²) >= 11 is 0. The second kappa shape index (κ2) is 9.86. The van der Waals surface area contributed by atoms with E-state index in [0.717, 1.165) is 11.3 Å². The smallest absolute Gasteiger partial charge is 0.258 e. The Hall–Kier alpha value is -2.69. The highest BCUT2D eigenvalue weighted by Gasteiger charge is 2.22. The lowest BCUT2D eigenvalue weighted by Gasteiger charge is -2.23. The molecule has 0 fully saturated rings. The van der Waals surface area contributed by atoms with Gasteiger partial charge in [-0.3, -0.25) is 4.79 Å². The number of amides is 1. The van der Waals surface area contributed by atoms with Gasteiger partial charge in [0.25, 0.3) is 5.91 Å². The maximum absolute atomic E-state index is 13.2. The number of rotatable bonds is 9. The topological polar surface area (TPSA) is 48.0 Å². The summed E-state index contributed by atoms with van der Waals surface area (Å²) in [5, 5.41) is 0. The highest BCUT2D eigenvalue weighted by molar-refractivity contribution is 6.06. The molecule has 0 saturated carbocycles. The predicted octanol–water partition coefficient (Wildman–Crippen LogP) is 4.86. The Morgan fingerprint density at radius 2 is 1.48 bits per heavy atom. The van der Waals surface area contributed by atoms with Gasteiger partial charge in [0.1, 0.15) is 0 Å². The summed E-state index contributed by atoms with van der Waals surface area (Å²) in [4.78, 5) is 15.0. The molecule has 0 aliphatic heterocycles. The second-order valence-electron chi connectivity index (χ2n) is 5.99. The van der Waals surface area contributed by atoms with Crippen LogP contribution in [0.5, 0.6) is 17.2 Å². The number of nitrogens with zero attached hydrogens (tertiary/aromatic N) is 1. The molecule has 5 heteroatoms. The highest BCUT2D eigenvalue weighted by Crippen LogP contribution is 2.39. The lowest BCUT2D eigenvalue weighted by molar-refractivity contribution is 0.0987. The van der Waals surface area contributed by atoms with Gasteiger partial charge in [0, 0.05) is 17.8 Å². The third-order valence-electron chi connectivity index (χ3n) is 4.03. The van der Waals surface area contributed by atoms with Crippen LogP contribution in [0, 0.1) is 6.92 Å². The number of ether oxygens (including phenoxy) is 3. The van der Waals surface area contributed by atoms with E-state index < -0.39 is 0 Å². The Kier molecular flexibility index (Phi) is 7.53. The molecule has 0 aromatic heterocycles. The lowest BCUT2D eigenvalue weighted by atomic mass is 10.1. The molecular formula is C22H29NO4. The first-order valence-corrected chi connectivity index (χ1v) is 9.50. The van der Waals surface area contributed by atoms with E-state index in [2.05, 4.69) is 0 Å². The van der Waals surface area contributed by atoms with Crippen LogP contribution in [0.2, 0.25) is 0 Å². The average Bonchev–Trinajstić information content (AvgIpc) is 2.65. The molecule has 1 amide bonds. The van der Waals surface area contributed by atoms with Crippen molar-refractivity contribution in [3.63, 3.8) is 0 Å². The van der Waals surface area contributed by atoms with E-state index in [0.29, 0.717) is 49.2 Å². The monoisotopic (exact) mass is 371 g/mol. The molecular weight excluding hydrogens is 342 g/mol. The lowest BCUT2D eigenvalue weighted by Crippen LogP contribution is -2.30. The van der Waals surface area contributed by atoms with Crippen LogP contribution >= 0.6 is 0 Å². The zero-order chi connectivity index (χ0) is 19.8. The van der Waals surface area contributed by atoms with Crippen LogP contribution in [0.1, 0.15) is 43.6 Å². The van der Waals surface area contributed by atoms with Crippen LogP contribution in [0.15, 0.2) is 36.4 Å². The van der Waals surface area contributed by atoms with Gasteiger partial charge in [0.05, 0.1) is 19.8 Å². The minimum absolute atomic E-state index is 0.104. The molecule has 0 unspecified atom stereocenters. The minimum Gasteiger partial charge on any atom is -0.490 e. The fraction of sp³-hybridized carbons (Fsp3) is 0.409. The molecule has 2 rings (SSSR count). The summed E-state index contributed by atoms with van der Waals surface area (Å²) < 4.78 is 17.2. The maximum atomic E-state index is 13.2. The van der Waals surface area contributed by atoms with Crippen molar-refractivity contribution in [2.75, 3.05) is 31.3 Å². The zero-order valence-electron chi connectivity index (χ0n) is 16.9. The zero-order valence-corrected chi connectivity index (χ0v) is 16.9. The van der Waals surface area contributed by atoms with E-state index in [1.54, 1.807) is 17.0 Å². The van der Waals surface area contributed by atoms with Gasteiger partial charge in [-0.15, -0.1) is 0 Å². The molecule has 146 valence electrons. The van der Waals surface area contributed by atoms with Crippen molar-refractivity contribution in [1.82, 2.24) is 0 Å². The van der Waals surface area contributed by atoms with Crippen LogP contribution in [0.25, 0.3) is 0 Å². The molecule has 0 spiro atoms. The van der Waals surface area contributed by atoms with Gasteiger partial charge >= 0.3 is 0 Å². The Bertz CT molecular complexity index is 746. The molecule has 0 bridgehead atoms. The molecule has 0 aliphatic carbocycles. The molecule has 0 radical (unpaired) electrons. The summed E-state index contributed by atoms with van der Waals surface area (Å²) in [5.41, 5.74) is 2.48. The van der Waals surface area contributed by atoms with E-state index in [4.69, 9.17) is 14.2 Å². The number of aryl methyl sites for hydroxylation is 1. The molecule has 0 atom stereocenters. The van der Waals surface area contributed by atoms with Crippen molar-refractivity contribution >= 4 is 11.6 Å². The number of hydrogen-bond donors (Lipinski definition) is 0. The van der Waals surface area contributed by atoms with E-state index in [-0.39, 0.29) is 5.91 Å². The molecule has 27 heavy (non-hydrogen) atoms. The van der Waals surface area contributed by atoms with Gasteiger partial charge < -0.3 is 19.1 Å². The Balaban J connectivity index is 2.49. The standard InChI is InChI=1S/C22H29NO4/c1-6-23(18-12-10-11-16(5)13-18)22(24)17-14-19(25-7-2)21(27-9-4)20(15-17)26-8-3/h10-15H,6-9H2,1-5H3. The number of hydrogen-bond acceptors (Lipinski definition) is 4. The number of anilines is 1. The van der Waals surface area contributed by atoms with Gasteiger partial charge in [-0.2, -0.15) is 0 Å². The van der Waals surface area contributed by atoms with E-state index in [9.17, 15) is 4.79 Å². The second-order valence-corrected chi connectivity index (χ2v) is 5.99. The molecule has 0 N–H and O–H groups in total. The Morgan fingerprint density at radius 3 is 1.96 bits per heavy atom. The van der Waals surface area contributed by atoms with Gasteiger partial charge in [0.15, 0.2) is 11.5 Å². The first kappa shape index (κ1) is 20.6. The minimum atomic E-state index is -0.104. The first-order chi connectivity index (χ1) is 13.0.